The van der Waals surface area contributed by atoms with Gasteiger partial charge in [-0.2, -0.15) is 0 Å². The lowest BCUT2D eigenvalue weighted by atomic mass is 10.1. The number of aliphatic hydroxyl groups excluding tert-OH is 1. The number of hydrogen-bond acceptors (Lipinski definition) is 5. The van der Waals surface area contributed by atoms with Gasteiger partial charge >= 0.3 is 0 Å². The van der Waals surface area contributed by atoms with Gasteiger partial charge in [0.05, 0.1) is 6.61 Å². The van der Waals surface area contributed by atoms with Crippen molar-refractivity contribution in [3.8, 4) is 5.75 Å². The van der Waals surface area contributed by atoms with Crippen LogP contribution in [0.5, 0.6) is 5.75 Å². The minimum absolute atomic E-state index is 0.0322. The Morgan fingerprint density at radius 3 is 2.44 bits per heavy atom. The maximum Gasteiger partial charge on any atom is 0.120 e. The lowest BCUT2D eigenvalue weighted by Crippen LogP contribution is -2.47. The quantitative estimate of drug-likeness (QED) is 0.494. The Bertz CT molecular complexity index is 330. The molecule has 1 aromatic carbocycles. The summed E-state index contributed by atoms with van der Waals surface area (Å²) in [4.78, 5) is 0. The fourth-order valence-electron chi connectivity index (χ4n) is 1.75. The summed E-state index contributed by atoms with van der Waals surface area (Å²) in [6.45, 7) is 0.701. The number of nitrogens with one attached hydrogen (secondary N) is 2. The van der Waals surface area contributed by atoms with E-state index in [1.54, 1.807) is 19.2 Å². The van der Waals surface area contributed by atoms with Crippen LogP contribution < -0.4 is 10.6 Å². The van der Waals surface area contributed by atoms with Crippen LogP contribution in [0.25, 0.3) is 0 Å². The summed E-state index contributed by atoms with van der Waals surface area (Å²) in [5, 5.41) is 24.8. The first kappa shape index (κ1) is 14.9. The van der Waals surface area contributed by atoms with Crippen molar-refractivity contribution in [2.24, 2.45) is 0 Å². The molecule has 5 nitrogen and oxygen atoms in total. The predicted molar refractivity (Wildman–Crippen MR) is 70.5 cm³/mol. The number of likely N-dealkylation sites (N-methyl/N-ethyl adjacent to an activating group) is 1. The number of benzene rings is 1. The molecule has 18 heavy (non-hydrogen) atoms. The molecule has 0 amide bonds. The van der Waals surface area contributed by atoms with E-state index in [4.69, 9.17) is 4.74 Å². The third-order valence-electron chi connectivity index (χ3n) is 2.73. The van der Waals surface area contributed by atoms with E-state index in [1.165, 1.54) is 0 Å². The second-order valence-corrected chi connectivity index (χ2v) is 4.20. The zero-order valence-corrected chi connectivity index (χ0v) is 10.9. The molecule has 0 radical (unpaired) electrons. The molecule has 0 fully saturated rings. The van der Waals surface area contributed by atoms with E-state index >= 15 is 0 Å². The average molecular weight is 254 g/mol. The van der Waals surface area contributed by atoms with Gasteiger partial charge < -0.3 is 20.3 Å². The van der Waals surface area contributed by atoms with E-state index in [-0.39, 0.29) is 24.6 Å². The van der Waals surface area contributed by atoms with Crippen molar-refractivity contribution in [3.05, 3.63) is 29.8 Å². The smallest absolute Gasteiger partial charge is 0.120 e. The van der Waals surface area contributed by atoms with E-state index in [0.717, 1.165) is 5.56 Å². The summed E-state index contributed by atoms with van der Waals surface area (Å²) in [6.07, 6.45) is 0.546. The van der Waals surface area contributed by atoms with Crippen molar-refractivity contribution in [1.29, 1.82) is 0 Å². The molecule has 102 valence electrons. The summed E-state index contributed by atoms with van der Waals surface area (Å²) in [6, 6.07) is 6.91. The van der Waals surface area contributed by atoms with Crippen LogP contribution in [0.2, 0.25) is 0 Å². The van der Waals surface area contributed by atoms with Crippen LogP contribution in [-0.2, 0) is 11.2 Å². The van der Waals surface area contributed by atoms with Crippen molar-refractivity contribution < 1.29 is 14.9 Å². The highest BCUT2D eigenvalue weighted by molar-refractivity contribution is 5.26. The van der Waals surface area contributed by atoms with Crippen LogP contribution in [0, 0.1) is 0 Å². The zero-order chi connectivity index (χ0) is 13.4. The van der Waals surface area contributed by atoms with Crippen LogP contribution in [0.4, 0.5) is 0 Å². The molecule has 2 atom stereocenters. The molecule has 2 unspecified atom stereocenters. The first-order chi connectivity index (χ1) is 8.69. The van der Waals surface area contributed by atoms with Gasteiger partial charge in [0.25, 0.3) is 0 Å². The topological polar surface area (TPSA) is 73.8 Å². The molecular weight excluding hydrogens is 232 g/mol. The molecule has 0 aliphatic heterocycles. The van der Waals surface area contributed by atoms with E-state index in [0.29, 0.717) is 13.0 Å². The minimum Gasteiger partial charge on any atom is -0.508 e. The third-order valence-corrected chi connectivity index (χ3v) is 2.73. The molecule has 0 saturated carbocycles. The SMILES string of the molecule is CNCC(NC(CO)Cc1ccc(O)cc1)OC. The van der Waals surface area contributed by atoms with Gasteiger partial charge in [-0.1, -0.05) is 12.1 Å². The number of rotatable bonds is 8. The Kier molecular flexibility index (Phi) is 6.67. The molecular formula is C13H22N2O3. The summed E-state index contributed by atoms with van der Waals surface area (Å²) < 4.78 is 5.26. The van der Waals surface area contributed by atoms with Crippen LogP contribution >= 0.6 is 0 Å². The number of phenolic OH excluding ortho intramolecular Hbond substituents is 1. The molecule has 0 aliphatic carbocycles. The van der Waals surface area contributed by atoms with E-state index < -0.39 is 0 Å². The predicted octanol–water partition coefficient (Wildman–Crippen LogP) is 0.0771. The highest BCUT2D eigenvalue weighted by Gasteiger charge is 2.14. The Balaban J connectivity index is 2.52. The normalized spacial score (nSPS) is 14.4. The van der Waals surface area contributed by atoms with Crippen molar-refractivity contribution in [3.63, 3.8) is 0 Å². The largest absolute Gasteiger partial charge is 0.508 e. The fourth-order valence-corrected chi connectivity index (χ4v) is 1.75. The Hall–Kier alpha value is -1.14. The maximum absolute atomic E-state index is 9.37. The van der Waals surface area contributed by atoms with Gasteiger partial charge in [-0.05, 0) is 31.2 Å². The standard InChI is InChI=1S/C13H22N2O3/c1-14-8-13(18-2)15-11(9-16)7-10-3-5-12(17)6-4-10/h3-6,11,13-17H,7-9H2,1-2H3. The van der Waals surface area contributed by atoms with E-state index in [1.807, 2.05) is 19.2 Å². The molecule has 4 N–H and O–H groups in total. The van der Waals surface area contributed by atoms with Gasteiger partial charge in [-0.3, -0.25) is 5.32 Å². The zero-order valence-electron chi connectivity index (χ0n) is 10.9. The highest BCUT2D eigenvalue weighted by Crippen LogP contribution is 2.11. The first-order valence-corrected chi connectivity index (χ1v) is 6.01. The maximum atomic E-state index is 9.37. The van der Waals surface area contributed by atoms with Crippen molar-refractivity contribution >= 4 is 0 Å². The molecule has 1 aromatic rings. The molecule has 1 rings (SSSR count). The van der Waals surface area contributed by atoms with Gasteiger partial charge in [-0.15, -0.1) is 0 Å². The molecule has 0 aliphatic rings. The minimum atomic E-state index is -0.135. The van der Waals surface area contributed by atoms with Crippen molar-refractivity contribution in [1.82, 2.24) is 10.6 Å². The van der Waals surface area contributed by atoms with Gasteiger partial charge in [0.1, 0.15) is 12.0 Å². The summed E-state index contributed by atoms with van der Waals surface area (Å²) >= 11 is 0. The number of ether oxygens (including phenoxy) is 1. The van der Waals surface area contributed by atoms with Crippen LogP contribution in [0.15, 0.2) is 24.3 Å². The molecule has 0 aromatic heterocycles. The number of aromatic hydroxyl groups is 1. The van der Waals surface area contributed by atoms with Crippen molar-refractivity contribution in [2.45, 2.75) is 18.7 Å². The summed E-state index contributed by atoms with van der Waals surface area (Å²) in [5.41, 5.74) is 1.05. The molecule has 0 heterocycles. The summed E-state index contributed by atoms with van der Waals surface area (Å²) in [5.74, 6) is 0.247. The van der Waals surface area contributed by atoms with Gasteiger partial charge in [0, 0.05) is 19.7 Å². The Morgan fingerprint density at radius 1 is 1.28 bits per heavy atom. The Labute approximate surface area is 108 Å². The van der Waals surface area contributed by atoms with Gasteiger partial charge in [-0.25, -0.2) is 0 Å². The lowest BCUT2D eigenvalue weighted by Gasteiger charge is -2.23. The van der Waals surface area contributed by atoms with E-state index in [9.17, 15) is 10.2 Å². The summed E-state index contributed by atoms with van der Waals surface area (Å²) in [7, 11) is 3.48. The Morgan fingerprint density at radius 2 is 1.94 bits per heavy atom. The molecule has 0 bridgehead atoms. The number of phenols is 1. The van der Waals surface area contributed by atoms with Crippen LogP contribution in [-0.4, -0.2) is 49.8 Å². The van der Waals surface area contributed by atoms with Crippen molar-refractivity contribution in [2.75, 3.05) is 27.3 Å². The third kappa shape index (κ3) is 5.01. The number of hydrogen-bond donors (Lipinski definition) is 4. The van der Waals surface area contributed by atoms with Gasteiger partial charge in [0.15, 0.2) is 0 Å². The average Bonchev–Trinajstić information content (AvgIpc) is 2.39. The number of methoxy groups -OCH3 is 1. The monoisotopic (exact) mass is 254 g/mol. The molecule has 0 saturated heterocycles. The number of aliphatic hydroxyl groups is 1. The first-order valence-electron chi connectivity index (χ1n) is 6.01. The second-order valence-electron chi connectivity index (χ2n) is 4.20. The van der Waals surface area contributed by atoms with E-state index in [2.05, 4.69) is 10.6 Å². The lowest BCUT2D eigenvalue weighted by molar-refractivity contribution is 0.0552. The van der Waals surface area contributed by atoms with Crippen LogP contribution in [0.1, 0.15) is 5.56 Å². The second kappa shape index (κ2) is 8.05. The molecule has 5 heteroatoms. The molecule has 0 spiro atoms. The van der Waals surface area contributed by atoms with Gasteiger partial charge in [0.2, 0.25) is 0 Å². The fraction of sp³-hybridized carbons (Fsp3) is 0.538. The highest BCUT2D eigenvalue weighted by atomic mass is 16.5. The van der Waals surface area contributed by atoms with Crippen LogP contribution in [0.3, 0.4) is 0 Å².